The molecule has 0 fully saturated rings. The predicted molar refractivity (Wildman–Crippen MR) is 66.3 cm³/mol. The third-order valence-electron chi connectivity index (χ3n) is 3.00. The fourth-order valence-electron chi connectivity index (χ4n) is 1.86. The highest BCUT2D eigenvalue weighted by atomic mass is 16.3. The summed E-state index contributed by atoms with van der Waals surface area (Å²) in [6, 6.07) is 8.30. The first-order valence-electron chi connectivity index (χ1n) is 5.32. The van der Waals surface area contributed by atoms with Crippen LogP contribution in [0.3, 0.4) is 0 Å². The maximum absolute atomic E-state index is 9.62. The van der Waals surface area contributed by atoms with Gasteiger partial charge in [-0.1, -0.05) is 12.1 Å². The Morgan fingerprint density at radius 1 is 0.882 bits per heavy atom. The van der Waals surface area contributed by atoms with Crippen molar-refractivity contribution in [2.24, 2.45) is 0 Å². The van der Waals surface area contributed by atoms with E-state index in [1.807, 2.05) is 13.0 Å². The summed E-state index contributed by atoms with van der Waals surface area (Å²) in [6.45, 7) is 3.62. The van der Waals surface area contributed by atoms with Gasteiger partial charge in [0.2, 0.25) is 0 Å². The second-order valence-corrected chi connectivity index (χ2v) is 4.09. The van der Waals surface area contributed by atoms with E-state index < -0.39 is 0 Å². The summed E-state index contributed by atoms with van der Waals surface area (Å²) in [5.41, 5.74) is 3.13. The summed E-state index contributed by atoms with van der Waals surface area (Å²) in [5, 5.41) is 28.7. The third kappa shape index (κ3) is 1.91. The van der Waals surface area contributed by atoms with E-state index >= 15 is 0 Å². The van der Waals surface area contributed by atoms with Gasteiger partial charge in [0.05, 0.1) is 0 Å². The van der Waals surface area contributed by atoms with Crippen molar-refractivity contribution < 1.29 is 15.3 Å². The molecule has 2 rings (SSSR count). The van der Waals surface area contributed by atoms with E-state index in [0.717, 1.165) is 16.7 Å². The Kier molecular flexibility index (Phi) is 2.68. The van der Waals surface area contributed by atoms with Crippen LogP contribution in [-0.4, -0.2) is 15.3 Å². The summed E-state index contributed by atoms with van der Waals surface area (Å²) >= 11 is 0. The standard InChI is InChI=1S/C14H14O3/c1-8-9(2)14(17)13(16)7-12(8)10-4-3-5-11(15)6-10/h3-7,15-17H,1-2H3. The molecule has 3 N–H and O–H groups in total. The highest BCUT2D eigenvalue weighted by Crippen LogP contribution is 2.38. The molecule has 0 aliphatic heterocycles. The summed E-state index contributed by atoms with van der Waals surface area (Å²) in [5.74, 6) is -0.0648. The lowest BCUT2D eigenvalue weighted by atomic mass is 9.96. The Balaban J connectivity index is 2.68. The van der Waals surface area contributed by atoms with Crippen LogP contribution in [-0.2, 0) is 0 Å². The van der Waals surface area contributed by atoms with Gasteiger partial charge in [-0.15, -0.1) is 0 Å². The van der Waals surface area contributed by atoms with Gasteiger partial charge in [-0.2, -0.15) is 0 Å². The second kappa shape index (κ2) is 4.01. The number of phenols is 3. The number of rotatable bonds is 1. The molecule has 2 aromatic rings. The number of aromatic hydroxyl groups is 3. The fourth-order valence-corrected chi connectivity index (χ4v) is 1.86. The molecule has 0 aromatic heterocycles. The first-order chi connectivity index (χ1) is 8.00. The third-order valence-corrected chi connectivity index (χ3v) is 3.00. The molecule has 17 heavy (non-hydrogen) atoms. The average Bonchev–Trinajstić information content (AvgIpc) is 2.31. The van der Waals surface area contributed by atoms with E-state index in [0.29, 0.717) is 5.56 Å². The van der Waals surface area contributed by atoms with Gasteiger partial charge in [0, 0.05) is 0 Å². The molecular formula is C14H14O3. The van der Waals surface area contributed by atoms with Crippen molar-refractivity contribution in [1.29, 1.82) is 0 Å². The van der Waals surface area contributed by atoms with Gasteiger partial charge in [-0.05, 0) is 54.3 Å². The molecule has 0 aliphatic rings. The highest BCUT2D eigenvalue weighted by Gasteiger charge is 2.12. The van der Waals surface area contributed by atoms with Gasteiger partial charge in [0.15, 0.2) is 11.5 Å². The van der Waals surface area contributed by atoms with E-state index in [1.165, 1.54) is 6.07 Å². The van der Waals surface area contributed by atoms with Gasteiger partial charge >= 0.3 is 0 Å². The highest BCUT2D eigenvalue weighted by molar-refractivity contribution is 5.73. The fraction of sp³-hybridized carbons (Fsp3) is 0.143. The second-order valence-electron chi connectivity index (χ2n) is 4.09. The van der Waals surface area contributed by atoms with Crippen molar-refractivity contribution in [2.45, 2.75) is 13.8 Å². The largest absolute Gasteiger partial charge is 0.508 e. The Morgan fingerprint density at radius 3 is 2.24 bits per heavy atom. The molecule has 0 spiro atoms. The van der Waals surface area contributed by atoms with Crippen LogP contribution < -0.4 is 0 Å². The van der Waals surface area contributed by atoms with Crippen LogP contribution in [0.25, 0.3) is 11.1 Å². The lowest BCUT2D eigenvalue weighted by Gasteiger charge is -2.12. The molecule has 0 radical (unpaired) electrons. The lowest BCUT2D eigenvalue weighted by molar-refractivity contribution is 0.401. The monoisotopic (exact) mass is 230 g/mol. The summed E-state index contributed by atoms with van der Waals surface area (Å²) in [7, 11) is 0. The van der Waals surface area contributed by atoms with E-state index in [4.69, 9.17) is 0 Å². The summed E-state index contributed by atoms with van der Waals surface area (Å²) in [4.78, 5) is 0. The SMILES string of the molecule is Cc1c(-c2cccc(O)c2)cc(O)c(O)c1C. The minimum Gasteiger partial charge on any atom is -0.508 e. The van der Waals surface area contributed by atoms with E-state index in [2.05, 4.69) is 0 Å². The molecule has 0 atom stereocenters. The molecule has 0 unspecified atom stereocenters. The van der Waals surface area contributed by atoms with Gasteiger partial charge in [0.1, 0.15) is 5.75 Å². The zero-order valence-corrected chi connectivity index (χ0v) is 9.73. The van der Waals surface area contributed by atoms with Gasteiger partial charge in [0.25, 0.3) is 0 Å². The molecule has 0 saturated carbocycles. The smallest absolute Gasteiger partial charge is 0.160 e. The van der Waals surface area contributed by atoms with Crippen LogP contribution in [0.5, 0.6) is 17.2 Å². The topological polar surface area (TPSA) is 60.7 Å². The van der Waals surface area contributed by atoms with Crippen molar-refractivity contribution in [3.05, 3.63) is 41.5 Å². The van der Waals surface area contributed by atoms with Crippen molar-refractivity contribution in [2.75, 3.05) is 0 Å². The number of hydrogen-bond donors (Lipinski definition) is 3. The Labute approximate surface area is 99.6 Å². The number of phenolic OH excluding ortho intramolecular Hbond substituents is 3. The van der Waals surface area contributed by atoms with Crippen LogP contribution in [0.4, 0.5) is 0 Å². The molecule has 3 nitrogen and oxygen atoms in total. The Hall–Kier alpha value is -2.16. The van der Waals surface area contributed by atoms with Crippen molar-refractivity contribution in [1.82, 2.24) is 0 Å². The van der Waals surface area contributed by atoms with Crippen molar-refractivity contribution in [3.8, 4) is 28.4 Å². The summed E-state index contributed by atoms with van der Waals surface area (Å²) in [6.07, 6.45) is 0. The molecule has 0 bridgehead atoms. The van der Waals surface area contributed by atoms with E-state index in [9.17, 15) is 15.3 Å². The molecular weight excluding hydrogens is 216 g/mol. The predicted octanol–water partition coefficient (Wildman–Crippen LogP) is 3.09. The van der Waals surface area contributed by atoms with Crippen LogP contribution in [0, 0.1) is 13.8 Å². The molecule has 0 heterocycles. The first kappa shape index (κ1) is 11.3. The maximum atomic E-state index is 9.62. The van der Waals surface area contributed by atoms with Crippen molar-refractivity contribution >= 4 is 0 Å². The minimum absolute atomic E-state index is 0.0913. The maximum Gasteiger partial charge on any atom is 0.160 e. The molecule has 0 amide bonds. The first-order valence-corrected chi connectivity index (χ1v) is 5.32. The number of hydrogen-bond acceptors (Lipinski definition) is 3. The molecule has 2 aromatic carbocycles. The molecule has 0 aliphatic carbocycles. The summed E-state index contributed by atoms with van der Waals surface area (Å²) < 4.78 is 0. The molecule has 3 heteroatoms. The van der Waals surface area contributed by atoms with Crippen LogP contribution in [0.2, 0.25) is 0 Å². The van der Waals surface area contributed by atoms with Crippen LogP contribution in [0.1, 0.15) is 11.1 Å². The van der Waals surface area contributed by atoms with Crippen LogP contribution >= 0.6 is 0 Å². The quantitative estimate of drug-likeness (QED) is 0.660. The zero-order valence-electron chi connectivity index (χ0n) is 9.73. The Morgan fingerprint density at radius 2 is 1.59 bits per heavy atom. The van der Waals surface area contributed by atoms with Crippen LogP contribution in [0.15, 0.2) is 30.3 Å². The van der Waals surface area contributed by atoms with Gasteiger partial charge < -0.3 is 15.3 Å². The van der Waals surface area contributed by atoms with Crippen molar-refractivity contribution in [3.63, 3.8) is 0 Å². The molecule has 88 valence electrons. The van der Waals surface area contributed by atoms with E-state index in [-0.39, 0.29) is 17.2 Å². The lowest BCUT2D eigenvalue weighted by Crippen LogP contribution is -1.89. The average molecular weight is 230 g/mol. The normalized spacial score (nSPS) is 10.5. The van der Waals surface area contributed by atoms with Gasteiger partial charge in [-0.3, -0.25) is 0 Å². The molecule has 0 saturated heterocycles. The number of benzene rings is 2. The Bertz CT molecular complexity index is 574. The van der Waals surface area contributed by atoms with Gasteiger partial charge in [-0.25, -0.2) is 0 Å². The minimum atomic E-state index is -0.147. The zero-order chi connectivity index (χ0) is 12.6. The van der Waals surface area contributed by atoms with E-state index in [1.54, 1.807) is 25.1 Å².